The van der Waals surface area contributed by atoms with Crippen molar-refractivity contribution in [2.24, 2.45) is 0 Å². The number of carbonyl (C=O) groups is 1. The summed E-state index contributed by atoms with van der Waals surface area (Å²) in [6.07, 6.45) is 1.65. The summed E-state index contributed by atoms with van der Waals surface area (Å²) in [5.74, 6) is 0.345. The van der Waals surface area contributed by atoms with E-state index in [4.69, 9.17) is 9.26 Å². The SMILES string of the molecule is O=C(NCc1noc(C2CCCO2)n1)c1n[nH]c(=O)c2ccccc12. The minimum atomic E-state index is -0.434. The molecule has 1 aliphatic rings. The van der Waals surface area contributed by atoms with Gasteiger partial charge in [0.2, 0.25) is 0 Å². The minimum Gasteiger partial charge on any atom is -0.368 e. The number of aromatic amines is 1. The molecular formula is C16H15N5O4. The lowest BCUT2D eigenvalue weighted by molar-refractivity contribution is 0.0835. The second-order valence-electron chi connectivity index (χ2n) is 5.68. The number of nitrogens with zero attached hydrogens (tertiary/aromatic N) is 3. The molecule has 1 aromatic carbocycles. The van der Waals surface area contributed by atoms with Crippen molar-refractivity contribution >= 4 is 16.7 Å². The first-order chi connectivity index (χ1) is 12.2. The summed E-state index contributed by atoms with van der Waals surface area (Å²) in [4.78, 5) is 28.4. The number of hydrogen-bond acceptors (Lipinski definition) is 7. The average Bonchev–Trinajstić information content (AvgIpc) is 3.32. The first-order valence-corrected chi connectivity index (χ1v) is 7.92. The van der Waals surface area contributed by atoms with Gasteiger partial charge in [0.1, 0.15) is 6.10 Å². The van der Waals surface area contributed by atoms with Gasteiger partial charge >= 0.3 is 0 Å². The third-order valence-corrected chi connectivity index (χ3v) is 4.01. The van der Waals surface area contributed by atoms with Gasteiger partial charge in [-0.05, 0) is 18.9 Å². The first kappa shape index (κ1) is 15.5. The van der Waals surface area contributed by atoms with E-state index < -0.39 is 5.91 Å². The van der Waals surface area contributed by atoms with Crippen LogP contribution in [0.25, 0.3) is 10.8 Å². The van der Waals surface area contributed by atoms with Gasteiger partial charge in [-0.2, -0.15) is 10.1 Å². The molecule has 1 atom stereocenters. The molecule has 3 heterocycles. The fraction of sp³-hybridized carbons (Fsp3) is 0.312. The van der Waals surface area contributed by atoms with Crippen molar-refractivity contribution in [3.05, 3.63) is 52.0 Å². The molecule has 0 aliphatic carbocycles. The molecule has 1 aliphatic heterocycles. The Balaban J connectivity index is 1.49. The number of H-pyrrole nitrogens is 1. The summed E-state index contributed by atoms with van der Waals surface area (Å²) in [6.45, 7) is 0.772. The van der Waals surface area contributed by atoms with E-state index >= 15 is 0 Å². The normalized spacial score (nSPS) is 17.0. The Morgan fingerprint density at radius 1 is 1.32 bits per heavy atom. The van der Waals surface area contributed by atoms with Gasteiger partial charge < -0.3 is 14.6 Å². The van der Waals surface area contributed by atoms with Crippen LogP contribution in [0.1, 0.15) is 41.1 Å². The molecule has 1 amide bonds. The van der Waals surface area contributed by atoms with Gasteiger partial charge in [-0.1, -0.05) is 23.4 Å². The molecular weight excluding hydrogens is 326 g/mol. The van der Waals surface area contributed by atoms with E-state index in [2.05, 4.69) is 25.7 Å². The van der Waals surface area contributed by atoms with Crippen LogP contribution in [0.5, 0.6) is 0 Å². The van der Waals surface area contributed by atoms with Crippen LogP contribution in [-0.4, -0.2) is 32.9 Å². The third-order valence-electron chi connectivity index (χ3n) is 4.01. The van der Waals surface area contributed by atoms with E-state index in [1.165, 1.54) is 0 Å². The van der Waals surface area contributed by atoms with Crippen molar-refractivity contribution in [1.82, 2.24) is 25.7 Å². The summed E-state index contributed by atoms with van der Waals surface area (Å²) in [5.41, 5.74) is -0.204. The van der Waals surface area contributed by atoms with Crippen LogP contribution in [-0.2, 0) is 11.3 Å². The molecule has 2 aromatic heterocycles. The van der Waals surface area contributed by atoms with Crippen molar-refractivity contribution in [2.75, 3.05) is 6.61 Å². The molecule has 0 bridgehead atoms. The highest BCUT2D eigenvalue weighted by atomic mass is 16.5. The van der Waals surface area contributed by atoms with Crippen LogP contribution < -0.4 is 10.9 Å². The smallest absolute Gasteiger partial charge is 0.272 e. The Hall–Kier alpha value is -3.07. The van der Waals surface area contributed by atoms with Gasteiger partial charge in [0, 0.05) is 12.0 Å². The second kappa shape index (κ2) is 6.44. The monoisotopic (exact) mass is 341 g/mol. The molecule has 0 saturated carbocycles. The molecule has 1 fully saturated rings. The van der Waals surface area contributed by atoms with Crippen molar-refractivity contribution in [3.8, 4) is 0 Å². The van der Waals surface area contributed by atoms with Gasteiger partial charge in [0.15, 0.2) is 11.5 Å². The van der Waals surface area contributed by atoms with Gasteiger partial charge in [0.05, 0.1) is 11.9 Å². The topological polar surface area (TPSA) is 123 Å². The van der Waals surface area contributed by atoms with E-state index in [9.17, 15) is 9.59 Å². The van der Waals surface area contributed by atoms with Crippen molar-refractivity contribution in [1.29, 1.82) is 0 Å². The fourth-order valence-electron chi connectivity index (χ4n) is 2.77. The van der Waals surface area contributed by atoms with Crippen LogP contribution >= 0.6 is 0 Å². The van der Waals surface area contributed by atoms with Crippen LogP contribution in [0.3, 0.4) is 0 Å². The van der Waals surface area contributed by atoms with E-state index in [0.717, 1.165) is 12.8 Å². The van der Waals surface area contributed by atoms with E-state index in [0.29, 0.717) is 29.1 Å². The van der Waals surface area contributed by atoms with Crippen LogP contribution in [0.2, 0.25) is 0 Å². The zero-order valence-electron chi connectivity index (χ0n) is 13.2. The second-order valence-corrected chi connectivity index (χ2v) is 5.68. The summed E-state index contributed by atoms with van der Waals surface area (Å²) in [5, 5.41) is 13.6. The van der Waals surface area contributed by atoms with Gasteiger partial charge in [-0.25, -0.2) is 5.10 Å². The highest BCUT2D eigenvalue weighted by Gasteiger charge is 2.24. The maximum atomic E-state index is 12.4. The summed E-state index contributed by atoms with van der Waals surface area (Å²) in [7, 11) is 0. The number of benzene rings is 1. The molecule has 1 saturated heterocycles. The zero-order valence-corrected chi connectivity index (χ0v) is 13.2. The molecule has 1 unspecified atom stereocenters. The number of carbonyl (C=O) groups excluding carboxylic acids is 1. The number of hydrogen-bond donors (Lipinski definition) is 2. The number of rotatable bonds is 4. The number of ether oxygens (including phenoxy) is 1. The molecule has 0 radical (unpaired) electrons. The lowest BCUT2D eigenvalue weighted by atomic mass is 10.1. The standard InChI is InChI=1S/C16H15N5O4/c22-14-10-5-2-1-4-9(10)13(19-20-14)15(23)17-8-12-18-16(25-21-12)11-6-3-7-24-11/h1-2,4-5,11H,3,6-8H2,(H,17,23)(H,20,22). The molecule has 3 aromatic rings. The molecule has 0 spiro atoms. The quantitative estimate of drug-likeness (QED) is 0.728. The van der Waals surface area contributed by atoms with E-state index in [-0.39, 0.29) is 23.9 Å². The van der Waals surface area contributed by atoms with Crippen LogP contribution in [0.15, 0.2) is 33.6 Å². The molecule has 128 valence electrons. The Labute approximate surface area is 141 Å². The predicted octanol–water partition coefficient (Wildman–Crippen LogP) is 1.09. The van der Waals surface area contributed by atoms with E-state index in [1.807, 2.05) is 0 Å². The molecule has 2 N–H and O–H groups in total. The molecule has 25 heavy (non-hydrogen) atoms. The average molecular weight is 341 g/mol. The lowest BCUT2D eigenvalue weighted by Gasteiger charge is -2.04. The summed E-state index contributed by atoms with van der Waals surface area (Å²) < 4.78 is 10.7. The van der Waals surface area contributed by atoms with Crippen LogP contribution in [0.4, 0.5) is 0 Å². The zero-order chi connectivity index (χ0) is 17.2. The highest BCUT2D eigenvalue weighted by molar-refractivity contribution is 6.04. The highest BCUT2D eigenvalue weighted by Crippen LogP contribution is 2.26. The fourth-order valence-corrected chi connectivity index (χ4v) is 2.77. The van der Waals surface area contributed by atoms with Crippen molar-refractivity contribution < 1.29 is 14.1 Å². The Morgan fingerprint density at radius 3 is 2.96 bits per heavy atom. The van der Waals surface area contributed by atoms with Crippen molar-refractivity contribution in [2.45, 2.75) is 25.5 Å². The summed E-state index contributed by atoms with van der Waals surface area (Å²) >= 11 is 0. The number of amides is 1. The third kappa shape index (κ3) is 3.01. The Kier molecular flexibility index (Phi) is 3.98. The summed E-state index contributed by atoms with van der Waals surface area (Å²) in [6, 6.07) is 6.79. The van der Waals surface area contributed by atoms with Gasteiger partial charge in [-0.3, -0.25) is 9.59 Å². The maximum absolute atomic E-state index is 12.4. The number of nitrogens with one attached hydrogen (secondary N) is 2. The molecule has 4 rings (SSSR count). The van der Waals surface area contributed by atoms with Crippen LogP contribution in [0, 0.1) is 0 Å². The van der Waals surface area contributed by atoms with Gasteiger partial charge in [-0.15, -0.1) is 0 Å². The lowest BCUT2D eigenvalue weighted by Crippen LogP contribution is -2.26. The Bertz CT molecular complexity index is 974. The number of aromatic nitrogens is 4. The molecule has 9 nitrogen and oxygen atoms in total. The predicted molar refractivity (Wildman–Crippen MR) is 85.8 cm³/mol. The largest absolute Gasteiger partial charge is 0.368 e. The Morgan fingerprint density at radius 2 is 2.16 bits per heavy atom. The number of fused-ring (bicyclic) bond motifs is 1. The van der Waals surface area contributed by atoms with E-state index in [1.54, 1.807) is 24.3 Å². The first-order valence-electron chi connectivity index (χ1n) is 7.92. The van der Waals surface area contributed by atoms with Gasteiger partial charge in [0.25, 0.3) is 17.4 Å². The maximum Gasteiger partial charge on any atom is 0.272 e. The minimum absolute atomic E-state index is 0.0875. The molecule has 9 heteroatoms. The van der Waals surface area contributed by atoms with Crippen molar-refractivity contribution in [3.63, 3.8) is 0 Å².